The van der Waals surface area contributed by atoms with E-state index in [1.165, 1.54) is 0 Å². The van der Waals surface area contributed by atoms with Crippen molar-refractivity contribution in [2.45, 2.75) is 12.8 Å². The van der Waals surface area contributed by atoms with Crippen molar-refractivity contribution in [3.8, 4) is 0 Å². The average Bonchev–Trinajstić information content (AvgIpc) is 2.20. The number of amides is 1. The van der Waals surface area contributed by atoms with Crippen LogP contribution >= 0.6 is 0 Å². The molecule has 1 rings (SSSR count). The van der Waals surface area contributed by atoms with Gasteiger partial charge in [-0.05, 0) is 6.42 Å². The quantitative estimate of drug-likeness (QED) is 0.593. The monoisotopic (exact) mass is 141 g/mol. The number of rotatable bonds is 2. The van der Waals surface area contributed by atoms with E-state index in [0.717, 1.165) is 12.1 Å². The number of allylic oxidation sites excluding steroid dienone is 1. The number of nitrogens with zero attached hydrogens (tertiary/aromatic N) is 1. The molecule has 3 heteroatoms. The molecule has 1 N–H and O–H groups in total. The van der Waals surface area contributed by atoms with Crippen molar-refractivity contribution in [2.24, 2.45) is 0 Å². The van der Waals surface area contributed by atoms with Crippen molar-refractivity contribution in [2.75, 3.05) is 13.2 Å². The highest BCUT2D eigenvalue weighted by Gasteiger charge is 2.22. The molecule has 56 valence electrons. The molecule has 0 unspecified atom stereocenters. The Morgan fingerprint density at radius 2 is 2.30 bits per heavy atom. The Bertz CT molecular complexity index is 149. The SMILES string of the molecule is C=C1CCC(=O)N1CCO. The third-order valence-electron chi connectivity index (χ3n) is 1.63. The number of carbonyl (C=O) groups is 1. The van der Waals surface area contributed by atoms with Gasteiger partial charge < -0.3 is 10.0 Å². The van der Waals surface area contributed by atoms with Crippen LogP contribution in [0, 0.1) is 0 Å². The van der Waals surface area contributed by atoms with E-state index in [-0.39, 0.29) is 12.5 Å². The van der Waals surface area contributed by atoms with E-state index in [4.69, 9.17) is 5.11 Å². The Morgan fingerprint density at radius 3 is 2.70 bits per heavy atom. The Kier molecular flexibility index (Phi) is 2.06. The lowest BCUT2D eigenvalue weighted by molar-refractivity contribution is -0.127. The van der Waals surface area contributed by atoms with Crippen LogP contribution in [0.5, 0.6) is 0 Å². The maximum atomic E-state index is 10.9. The second-order valence-electron chi connectivity index (χ2n) is 2.34. The number of hydrogen-bond acceptors (Lipinski definition) is 2. The Morgan fingerprint density at radius 1 is 1.60 bits per heavy atom. The topological polar surface area (TPSA) is 40.5 Å². The Labute approximate surface area is 59.9 Å². The number of likely N-dealkylation sites (tertiary alicyclic amines) is 1. The van der Waals surface area contributed by atoms with Crippen LogP contribution in [0.1, 0.15) is 12.8 Å². The van der Waals surface area contributed by atoms with Crippen LogP contribution in [0.15, 0.2) is 12.3 Å². The van der Waals surface area contributed by atoms with Gasteiger partial charge >= 0.3 is 0 Å². The normalized spacial score (nSPS) is 18.7. The molecule has 1 heterocycles. The molecule has 0 radical (unpaired) electrons. The molecule has 1 aliphatic heterocycles. The first kappa shape index (κ1) is 7.28. The second kappa shape index (κ2) is 2.84. The van der Waals surface area contributed by atoms with Gasteiger partial charge in [-0.2, -0.15) is 0 Å². The second-order valence-corrected chi connectivity index (χ2v) is 2.34. The highest BCUT2D eigenvalue weighted by Crippen LogP contribution is 2.19. The molecule has 1 amide bonds. The van der Waals surface area contributed by atoms with Crippen LogP contribution in [0.2, 0.25) is 0 Å². The Balaban J connectivity index is 2.54. The van der Waals surface area contributed by atoms with Gasteiger partial charge in [-0.1, -0.05) is 6.58 Å². The minimum atomic E-state index is 0.0186. The summed E-state index contributed by atoms with van der Waals surface area (Å²) < 4.78 is 0. The number of aliphatic hydroxyl groups is 1. The number of β-amino-alcohol motifs (C(OH)–C–C–N with tert-alkyl or cyclic N) is 1. The number of aliphatic hydroxyl groups excluding tert-OH is 1. The zero-order valence-corrected chi connectivity index (χ0v) is 5.84. The predicted molar refractivity (Wildman–Crippen MR) is 37.2 cm³/mol. The zero-order chi connectivity index (χ0) is 7.56. The fourth-order valence-corrected chi connectivity index (χ4v) is 1.08. The molecule has 3 nitrogen and oxygen atoms in total. The fourth-order valence-electron chi connectivity index (χ4n) is 1.08. The highest BCUT2D eigenvalue weighted by atomic mass is 16.3. The van der Waals surface area contributed by atoms with Crippen LogP contribution < -0.4 is 0 Å². The first-order valence-corrected chi connectivity index (χ1v) is 3.34. The molecule has 1 saturated heterocycles. The summed E-state index contributed by atoms with van der Waals surface area (Å²) in [4.78, 5) is 12.5. The predicted octanol–water partition coefficient (Wildman–Crippen LogP) is 0.115. The van der Waals surface area contributed by atoms with Crippen molar-refractivity contribution in [1.29, 1.82) is 0 Å². The summed E-state index contributed by atoms with van der Waals surface area (Å²) in [5.41, 5.74) is 0.832. The zero-order valence-electron chi connectivity index (χ0n) is 5.84. The fraction of sp³-hybridized carbons (Fsp3) is 0.571. The summed E-state index contributed by atoms with van der Waals surface area (Å²) in [6.45, 7) is 4.12. The smallest absolute Gasteiger partial charge is 0.227 e. The molecule has 0 aromatic rings. The van der Waals surface area contributed by atoms with Gasteiger partial charge in [0.2, 0.25) is 5.91 Å². The molecule has 0 aromatic carbocycles. The molecule has 0 spiro atoms. The number of carbonyl (C=O) groups excluding carboxylic acids is 1. The van der Waals surface area contributed by atoms with Crippen molar-refractivity contribution < 1.29 is 9.90 Å². The van der Waals surface area contributed by atoms with Crippen molar-refractivity contribution in [3.05, 3.63) is 12.3 Å². The lowest BCUT2D eigenvalue weighted by atomic mass is 10.3. The first-order chi connectivity index (χ1) is 4.75. The van der Waals surface area contributed by atoms with Crippen LogP contribution in [0.3, 0.4) is 0 Å². The minimum Gasteiger partial charge on any atom is -0.395 e. The maximum absolute atomic E-state index is 10.9. The van der Waals surface area contributed by atoms with Crippen LogP contribution in [0.25, 0.3) is 0 Å². The molecule has 0 atom stereocenters. The van der Waals surface area contributed by atoms with Crippen molar-refractivity contribution in [3.63, 3.8) is 0 Å². The molecular weight excluding hydrogens is 130 g/mol. The molecule has 0 saturated carbocycles. The van der Waals surface area contributed by atoms with Gasteiger partial charge in [-0.3, -0.25) is 4.79 Å². The third kappa shape index (κ3) is 1.19. The molecule has 1 fully saturated rings. The van der Waals surface area contributed by atoms with Gasteiger partial charge in [-0.25, -0.2) is 0 Å². The van der Waals surface area contributed by atoms with Gasteiger partial charge in [0.25, 0.3) is 0 Å². The van der Waals surface area contributed by atoms with Gasteiger partial charge in [0.05, 0.1) is 6.61 Å². The standard InChI is InChI=1S/C7H11NO2/c1-6-2-3-7(10)8(6)4-5-9/h9H,1-5H2. The molecule has 1 aliphatic rings. The first-order valence-electron chi connectivity index (χ1n) is 3.34. The summed E-state index contributed by atoms with van der Waals surface area (Å²) in [5, 5.41) is 8.53. The van der Waals surface area contributed by atoms with Gasteiger partial charge in [0, 0.05) is 18.7 Å². The summed E-state index contributed by atoms with van der Waals surface area (Å²) >= 11 is 0. The summed E-state index contributed by atoms with van der Waals surface area (Å²) in [7, 11) is 0. The van der Waals surface area contributed by atoms with Gasteiger partial charge in [0.15, 0.2) is 0 Å². The Hall–Kier alpha value is -0.830. The summed E-state index contributed by atoms with van der Waals surface area (Å²) in [6, 6.07) is 0. The van der Waals surface area contributed by atoms with Crippen molar-refractivity contribution >= 4 is 5.91 Å². The lowest BCUT2D eigenvalue weighted by Gasteiger charge is -2.14. The number of hydrogen-bond donors (Lipinski definition) is 1. The van der Waals surface area contributed by atoms with E-state index < -0.39 is 0 Å². The molecule has 0 aliphatic carbocycles. The van der Waals surface area contributed by atoms with E-state index in [1.807, 2.05) is 0 Å². The molecule has 0 bridgehead atoms. The molecular formula is C7H11NO2. The van der Waals surface area contributed by atoms with Crippen LogP contribution in [-0.2, 0) is 4.79 Å². The van der Waals surface area contributed by atoms with Crippen molar-refractivity contribution in [1.82, 2.24) is 4.90 Å². The average molecular weight is 141 g/mol. The van der Waals surface area contributed by atoms with Gasteiger partial charge in [-0.15, -0.1) is 0 Å². The van der Waals surface area contributed by atoms with E-state index in [2.05, 4.69) is 6.58 Å². The van der Waals surface area contributed by atoms with E-state index in [0.29, 0.717) is 13.0 Å². The minimum absolute atomic E-state index is 0.0186. The highest BCUT2D eigenvalue weighted by molar-refractivity contribution is 5.81. The largest absolute Gasteiger partial charge is 0.395 e. The van der Waals surface area contributed by atoms with Crippen LogP contribution in [0.4, 0.5) is 0 Å². The third-order valence-corrected chi connectivity index (χ3v) is 1.63. The lowest BCUT2D eigenvalue weighted by Crippen LogP contribution is -2.25. The summed E-state index contributed by atoms with van der Waals surface area (Å²) in [5.74, 6) is 0.0825. The summed E-state index contributed by atoms with van der Waals surface area (Å²) in [6.07, 6.45) is 1.30. The van der Waals surface area contributed by atoms with E-state index >= 15 is 0 Å². The van der Waals surface area contributed by atoms with Gasteiger partial charge in [0.1, 0.15) is 0 Å². The van der Waals surface area contributed by atoms with E-state index in [9.17, 15) is 4.79 Å². The molecule has 0 aromatic heterocycles. The molecule has 10 heavy (non-hydrogen) atoms. The maximum Gasteiger partial charge on any atom is 0.227 e. The van der Waals surface area contributed by atoms with E-state index in [1.54, 1.807) is 4.90 Å². The van der Waals surface area contributed by atoms with Crippen LogP contribution in [-0.4, -0.2) is 29.1 Å².